The van der Waals surface area contributed by atoms with Crippen LogP contribution in [0.5, 0.6) is 11.5 Å². The molecule has 0 aliphatic heterocycles. The average Bonchev–Trinajstić information content (AvgIpc) is 2.42. The molecule has 96 valence electrons. The van der Waals surface area contributed by atoms with E-state index in [0.29, 0.717) is 28.6 Å². The molecule has 0 bridgehead atoms. The summed E-state index contributed by atoms with van der Waals surface area (Å²) in [7, 11) is 0. The summed E-state index contributed by atoms with van der Waals surface area (Å²) in [6.07, 6.45) is 0.834. The van der Waals surface area contributed by atoms with Crippen LogP contribution in [0.2, 0.25) is 5.02 Å². The summed E-state index contributed by atoms with van der Waals surface area (Å²) in [6, 6.07) is 14.6. The Balaban J connectivity index is 2.21. The van der Waals surface area contributed by atoms with E-state index >= 15 is 0 Å². The lowest BCUT2D eigenvalue weighted by molar-refractivity contribution is 0.481. The minimum Gasteiger partial charge on any atom is -0.456 e. The van der Waals surface area contributed by atoms with Crippen molar-refractivity contribution in [3.05, 3.63) is 58.6 Å². The number of nitrogens with two attached hydrogens (primary N) is 1. The molecule has 0 unspecified atom stereocenters. The first-order valence-corrected chi connectivity index (χ1v) is 6.27. The molecule has 3 nitrogen and oxygen atoms in total. The van der Waals surface area contributed by atoms with E-state index in [1.54, 1.807) is 18.2 Å². The fourth-order valence-corrected chi connectivity index (χ4v) is 1.85. The van der Waals surface area contributed by atoms with Gasteiger partial charge in [0.2, 0.25) is 0 Å². The van der Waals surface area contributed by atoms with Gasteiger partial charge in [-0.05, 0) is 42.8 Å². The van der Waals surface area contributed by atoms with Crippen molar-refractivity contribution in [2.75, 3.05) is 6.54 Å². The maximum absolute atomic E-state index is 9.01. The van der Waals surface area contributed by atoms with Crippen LogP contribution in [0.4, 0.5) is 0 Å². The molecule has 0 saturated heterocycles. The van der Waals surface area contributed by atoms with Gasteiger partial charge in [-0.25, -0.2) is 0 Å². The molecular formula is C15H13ClN2O. The number of ether oxygens (including phenoxy) is 1. The van der Waals surface area contributed by atoms with Crippen LogP contribution < -0.4 is 10.5 Å². The van der Waals surface area contributed by atoms with Crippen LogP contribution in [0.3, 0.4) is 0 Å². The van der Waals surface area contributed by atoms with E-state index in [4.69, 9.17) is 27.3 Å². The number of halogens is 1. The molecule has 19 heavy (non-hydrogen) atoms. The van der Waals surface area contributed by atoms with Crippen molar-refractivity contribution in [3.63, 3.8) is 0 Å². The number of rotatable bonds is 4. The maximum Gasteiger partial charge on any atom is 0.146 e. The van der Waals surface area contributed by atoms with Crippen LogP contribution in [-0.4, -0.2) is 6.54 Å². The number of nitrogens with zero attached hydrogens (tertiary/aromatic N) is 1. The predicted octanol–water partition coefficient (Wildman–Crippen LogP) is 3.51. The highest BCUT2D eigenvalue weighted by Gasteiger charge is 2.05. The Morgan fingerprint density at radius 2 is 1.89 bits per heavy atom. The lowest BCUT2D eigenvalue weighted by Gasteiger charge is -2.08. The minimum absolute atomic E-state index is 0.454. The Morgan fingerprint density at radius 3 is 2.53 bits per heavy atom. The SMILES string of the molecule is N#Cc1ccc(Cl)cc1Oc1ccc(CCN)cc1. The largest absolute Gasteiger partial charge is 0.456 e. The van der Waals surface area contributed by atoms with E-state index in [9.17, 15) is 0 Å². The summed E-state index contributed by atoms with van der Waals surface area (Å²) in [5.74, 6) is 1.13. The quantitative estimate of drug-likeness (QED) is 0.927. The van der Waals surface area contributed by atoms with Gasteiger partial charge in [0.25, 0.3) is 0 Å². The summed E-state index contributed by atoms with van der Waals surface area (Å²) in [4.78, 5) is 0. The summed E-state index contributed by atoms with van der Waals surface area (Å²) in [5, 5.41) is 9.55. The first-order chi connectivity index (χ1) is 9.22. The van der Waals surface area contributed by atoms with Gasteiger partial charge in [-0.3, -0.25) is 0 Å². The second kappa shape index (κ2) is 6.24. The van der Waals surface area contributed by atoms with Gasteiger partial charge in [0.1, 0.15) is 17.6 Å². The highest BCUT2D eigenvalue weighted by Crippen LogP contribution is 2.28. The molecule has 4 heteroatoms. The van der Waals surface area contributed by atoms with Crippen LogP contribution in [0.15, 0.2) is 42.5 Å². The van der Waals surface area contributed by atoms with E-state index < -0.39 is 0 Å². The molecule has 0 atom stereocenters. The van der Waals surface area contributed by atoms with Gasteiger partial charge in [-0.15, -0.1) is 0 Å². The average molecular weight is 273 g/mol. The van der Waals surface area contributed by atoms with Gasteiger partial charge in [0, 0.05) is 11.1 Å². The van der Waals surface area contributed by atoms with Crippen LogP contribution in [0.1, 0.15) is 11.1 Å². The van der Waals surface area contributed by atoms with Gasteiger partial charge in [0.05, 0.1) is 5.56 Å². The molecule has 0 aliphatic rings. The van der Waals surface area contributed by atoms with Crippen LogP contribution in [0.25, 0.3) is 0 Å². The third-order valence-electron chi connectivity index (χ3n) is 2.65. The van der Waals surface area contributed by atoms with Gasteiger partial charge in [-0.1, -0.05) is 23.7 Å². The molecule has 0 spiro atoms. The van der Waals surface area contributed by atoms with Crippen molar-refractivity contribution in [3.8, 4) is 17.6 Å². The molecule has 0 saturated carbocycles. The van der Waals surface area contributed by atoms with Gasteiger partial charge in [-0.2, -0.15) is 5.26 Å². The third kappa shape index (κ3) is 3.47. The second-order valence-electron chi connectivity index (χ2n) is 4.04. The lowest BCUT2D eigenvalue weighted by atomic mass is 10.1. The fourth-order valence-electron chi connectivity index (χ4n) is 1.69. The maximum atomic E-state index is 9.01. The highest BCUT2D eigenvalue weighted by molar-refractivity contribution is 6.30. The molecule has 0 radical (unpaired) electrons. The summed E-state index contributed by atoms with van der Waals surface area (Å²) in [5.41, 5.74) is 7.10. The molecule has 2 rings (SSSR count). The van der Waals surface area contributed by atoms with Crippen molar-refractivity contribution in [1.82, 2.24) is 0 Å². The number of nitriles is 1. The Hall–Kier alpha value is -2.02. The zero-order chi connectivity index (χ0) is 13.7. The van der Waals surface area contributed by atoms with E-state index in [-0.39, 0.29) is 0 Å². The minimum atomic E-state index is 0.454. The normalized spacial score (nSPS) is 9.95. The fraction of sp³-hybridized carbons (Fsp3) is 0.133. The summed E-state index contributed by atoms with van der Waals surface area (Å²) in [6.45, 7) is 0.618. The number of hydrogen-bond donors (Lipinski definition) is 1. The Labute approximate surface area is 117 Å². The van der Waals surface area contributed by atoms with Crippen LogP contribution in [0, 0.1) is 11.3 Å². The number of hydrogen-bond acceptors (Lipinski definition) is 3. The van der Waals surface area contributed by atoms with Crippen LogP contribution in [-0.2, 0) is 6.42 Å². The molecule has 2 N–H and O–H groups in total. The Morgan fingerprint density at radius 1 is 1.16 bits per heavy atom. The molecule has 2 aromatic carbocycles. The van der Waals surface area contributed by atoms with E-state index in [1.807, 2.05) is 24.3 Å². The van der Waals surface area contributed by atoms with E-state index in [0.717, 1.165) is 12.0 Å². The summed E-state index contributed by atoms with van der Waals surface area (Å²) < 4.78 is 5.68. The Kier molecular flexibility index (Phi) is 4.40. The standard InChI is InChI=1S/C15H13ClN2O/c16-13-4-3-12(10-18)15(9-13)19-14-5-1-11(2-6-14)7-8-17/h1-6,9H,7-8,17H2. The van der Waals surface area contributed by atoms with E-state index in [1.165, 1.54) is 0 Å². The molecule has 0 heterocycles. The monoisotopic (exact) mass is 272 g/mol. The molecule has 2 aromatic rings. The van der Waals surface area contributed by atoms with Crippen molar-refractivity contribution < 1.29 is 4.74 Å². The van der Waals surface area contributed by atoms with Crippen molar-refractivity contribution in [2.45, 2.75) is 6.42 Å². The van der Waals surface area contributed by atoms with Crippen molar-refractivity contribution in [1.29, 1.82) is 5.26 Å². The van der Waals surface area contributed by atoms with Crippen molar-refractivity contribution in [2.24, 2.45) is 5.73 Å². The first kappa shape index (κ1) is 13.4. The topological polar surface area (TPSA) is 59.0 Å². The molecule has 0 amide bonds. The lowest BCUT2D eigenvalue weighted by Crippen LogP contribution is -2.02. The first-order valence-electron chi connectivity index (χ1n) is 5.89. The highest BCUT2D eigenvalue weighted by atomic mass is 35.5. The predicted molar refractivity (Wildman–Crippen MR) is 75.4 cm³/mol. The smallest absolute Gasteiger partial charge is 0.146 e. The van der Waals surface area contributed by atoms with Gasteiger partial charge in [0.15, 0.2) is 0 Å². The zero-order valence-corrected chi connectivity index (χ0v) is 11.0. The summed E-state index contributed by atoms with van der Waals surface area (Å²) >= 11 is 5.90. The zero-order valence-electron chi connectivity index (χ0n) is 10.3. The molecule has 0 aromatic heterocycles. The Bertz CT molecular complexity index is 603. The number of benzene rings is 2. The van der Waals surface area contributed by atoms with Crippen molar-refractivity contribution >= 4 is 11.6 Å². The second-order valence-corrected chi connectivity index (χ2v) is 4.47. The van der Waals surface area contributed by atoms with Gasteiger partial charge < -0.3 is 10.5 Å². The molecule has 0 fully saturated rings. The van der Waals surface area contributed by atoms with Crippen LogP contribution >= 0.6 is 11.6 Å². The molecule has 0 aliphatic carbocycles. The van der Waals surface area contributed by atoms with Gasteiger partial charge >= 0.3 is 0 Å². The molecular weight excluding hydrogens is 260 g/mol. The third-order valence-corrected chi connectivity index (χ3v) is 2.88. The van der Waals surface area contributed by atoms with E-state index in [2.05, 4.69) is 6.07 Å².